The monoisotopic (exact) mass is 397 g/mol. The Morgan fingerprint density at radius 3 is 2.65 bits per heavy atom. The largest absolute Gasteiger partial charge is 0.393 e. The Balaban J connectivity index is 1.78. The van der Waals surface area contributed by atoms with Gasteiger partial charge in [0.1, 0.15) is 17.0 Å². The number of hydrogen-bond donors (Lipinski definition) is 0. The summed E-state index contributed by atoms with van der Waals surface area (Å²) in [5.74, 6) is -0.742. The average Bonchev–Trinajstić information content (AvgIpc) is 3.06. The van der Waals surface area contributed by atoms with Gasteiger partial charge in [0.05, 0.1) is 11.3 Å². The van der Waals surface area contributed by atoms with Gasteiger partial charge in [-0.1, -0.05) is 23.7 Å². The van der Waals surface area contributed by atoms with Gasteiger partial charge in [0.2, 0.25) is 0 Å². The van der Waals surface area contributed by atoms with E-state index in [1.54, 1.807) is 17.0 Å². The Hall–Kier alpha value is -1.86. The Morgan fingerprint density at radius 2 is 1.92 bits per heavy atom. The number of rotatable bonds is 2. The predicted molar refractivity (Wildman–Crippen MR) is 98.9 cm³/mol. The molecule has 1 aliphatic rings. The summed E-state index contributed by atoms with van der Waals surface area (Å²) in [6.07, 6.45) is -2.09. The zero-order chi connectivity index (χ0) is 18.3. The van der Waals surface area contributed by atoms with Gasteiger partial charge in [-0.15, -0.1) is 11.3 Å². The summed E-state index contributed by atoms with van der Waals surface area (Å²) < 4.78 is 39.6. The van der Waals surface area contributed by atoms with Crippen molar-refractivity contribution in [3.8, 4) is 11.1 Å². The van der Waals surface area contributed by atoms with E-state index in [1.807, 2.05) is 17.5 Å². The third kappa shape index (κ3) is 3.25. The minimum atomic E-state index is -4.18. The molecular weight excluding hydrogens is 383 g/mol. The predicted octanol–water partition coefficient (Wildman–Crippen LogP) is 5.79. The topological polar surface area (TPSA) is 29.0 Å². The van der Waals surface area contributed by atoms with E-state index < -0.39 is 12.1 Å². The molecule has 4 rings (SSSR count). The van der Waals surface area contributed by atoms with E-state index in [2.05, 4.69) is 9.97 Å². The highest BCUT2D eigenvalue weighted by Crippen LogP contribution is 2.40. The number of piperidine rings is 1. The fourth-order valence-corrected chi connectivity index (χ4v) is 4.41. The molecule has 0 bridgehead atoms. The molecule has 1 fully saturated rings. The van der Waals surface area contributed by atoms with E-state index >= 15 is 0 Å². The van der Waals surface area contributed by atoms with Gasteiger partial charge >= 0.3 is 6.18 Å². The van der Waals surface area contributed by atoms with Crippen LogP contribution in [0.2, 0.25) is 5.02 Å². The summed E-state index contributed by atoms with van der Waals surface area (Å²) in [5.41, 5.74) is 1.87. The molecule has 26 heavy (non-hydrogen) atoms. The zero-order valence-electron chi connectivity index (χ0n) is 13.6. The highest BCUT2D eigenvalue weighted by molar-refractivity contribution is 7.17. The molecule has 8 heteroatoms. The van der Waals surface area contributed by atoms with Crippen molar-refractivity contribution < 1.29 is 13.2 Å². The maximum absolute atomic E-state index is 13.2. The first kappa shape index (κ1) is 17.5. The summed E-state index contributed by atoms with van der Waals surface area (Å²) in [6, 6.07) is 7.39. The maximum Gasteiger partial charge on any atom is 0.393 e. The highest BCUT2D eigenvalue weighted by Gasteiger charge is 2.42. The summed E-state index contributed by atoms with van der Waals surface area (Å²) in [4.78, 5) is 11.2. The molecular formula is C18H15ClF3N3S. The standard InChI is InChI=1S/C18H15ClF3N3S/c19-13-5-3-11(4-6-13)14-9-26-17-15(14)16(23-10-24-17)25-7-1-2-12(8-25)18(20,21)22/h3-6,9-10,12H,1-2,7-8H2. The summed E-state index contributed by atoms with van der Waals surface area (Å²) in [6.45, 7) is 0.500. The first-order valence-electron chi connectivity index (χ1n) is 8.23. The van der Waals surface area contributed by atoms with Gasteiger partial charge in [0, 0.05) is 29.1 Å². The van der Waals surface area contributed by atoms with Gasteiger partial charge in [-0.3, -0.25) is 0 Å². The lowest BCUT2D eigenvalue weighted by atomic mass is 9.97. The molecule has 1 saturated heterocycles. The third-order valence-electron chi connectivity index (χ3n) is 4.69. The van der Waals surface area contributed by atoms with Crippen LogP contribution in [0.3, 0.4) is 0 Å². The van der Waals surface area contributed by atoms with E-state index in [0.29, 0.717) is 23.8 Å². The van der Waals surface area contributed by atoms with E-state index in [1.165, 1.54) is 17.7 Å². The Morgan fingerprint density at radius 1 is 1.15 bits per heavy atom. The Kier molecular flexibility index (Phi) is 4.52. The number of halogens is 4. The number of benzene rings is 1. The normalized spacial score (nSPS) is 18.5. The first-order chi connectivity index (χ1) is 12.4. The van der Waals surface area contributed by atoms with Crippen LogP contribution in [0.4, 0.5) is 19.0 Å². The van der Waals surface area contributed by atoms with Crippen molar-refractivity contribution in [2.45, 2.75) is 19.0 Å². The quantitative estimate of drug-likeness (QED) is 0.548. The molecule has 1 atom stereocenters. The van der Waals surface area contributed by atoms with Gasteiger partial charge in [0.25, 0.3) is 0 Å². The molecule has 0 saturated carbocycles. The molecule has 0 radical (unpaired) electrons. The molecule has 136 valence electrons. The zero-order valence-corrected chi connectivity index (χ0v) is 15.2. The van der Waals surface area contributed by atoms with Crippen LogP contribution in [0.15, 0.2) is 36.0 Å². The van der Waals surface area contributed by atoms with Crippen LogP contribution in [0.1, 0.15) is 12.8 Å². The second kappa shape index (κ2) is 6.70. The minimum absolute atomic E-state index is 0.0640. The minimum Gasteiger partial charge on any atom is -0.355 e. The van der Waals surface area contributed by atoms with Gasteiger partial charge in [-0.05, 0) is 30.5 Å². The number of anilines is 1. The SMILES string of the molecule is FC(F)(F)C1CCCN(c2ncnc3scc(-c4ccc(Cl)cc4)c23)C1. The molecule has 3 aromatic rings. The van der Waals surface area contributed by atoms with Crippen LogP contribution in [0.5, 0.6) is 0 Å². The maximum atomic E-state index is 13.2. The molecule has 0 spiro atoms. The summed E-state index contributed by atoms with van der Waals surface area (Å²) in [5, 5.41) is 3.41. The lowest BCUT2D eigenvalue weighted by Gasteiger charge is -2.34. The smallest absolute Gasteiger partial charge is 0.355 e. The van der Waals surface area contributed by atoms with Gasteiger partial charge in [-0.25, -0.2) is 9.97 Å². The Labute approximate surface area is 157 Å². The molecule has 3 heterocycles. The molecule has 0 N–H and O–H groups in total. The van der Waals surface area contributed by atoms with Crippen molar-refractivity contribution in [3.63, 3.8) is 0 Å². The molecule has 1 unspecified atom stereocenters. The molecule has 1 aromatic carbocycles. The Bertz CT molecular complexity index is 924. The number of thiophene rings is 1. The van der Waals surface area contributed by atoms with Crippen molar-refractivity contribution in [2.24, 2.45) is 5.92 Å². The molecule has 3 nitrogen and oxygen atoms in total. The number of fused-ring (bicyclic) bond motifs is 1. The van der Waals surface area contributed by atoms with Crippen molar-refractivity contribution >= 4 is 39.0 Å². The van der Waals surface area contributed by atoms with Crippen molar-refractivity contribution in [3.05, 3.63) is 41.0 Å². The number of nitrogens with zero attached hydrogens (tertiary/aromatic N) is 3. The van der Waals surface area contributed by atoms with Crippen molar-refractivity contribution in [1.29, 1.82) is 0 Å². The molecule has 1 aliphatic heterocycles. The fraction of sp³-hybridized carbons (Fsp3) is 0.333. The fourth-order valence-electron chi connectivity index (χ4n) is 3.38. The van der Waals surface area contributed by atoms with E-state index in [9.17, 15) is 13.2 Å². The average molecular weight is 398 g/mol. The van der Waals surface area contributed by atoms with Crippen LogP contribution >= 0.6 is 22.9 Å². The van der Waals surface area contributed by atoms with Gasteiger partial charge in [0.15, 0.2) is 0 Å². The van der Waals surface area contributed by atoms with Crippen LogP contribution in [-0.2, 0) is 0 Å². The van der Waals surface area contributed by atoms with Crippen LogP contribution in [-0.4, -0.2) is 29.2 Å². The second-order valence-corrected chi connectivity index (χ2v) is 7.66. The van der Waals surface area contributed by atoms with Gasteiger partial charge in [-0.2, -0.15) is 13.2 Å². The van der Waals surface area contributed by atoms with Crippen LogP contribution in [0, 0.1) is 5.92 Å². The van der Waals surface area contributed by atoms with Crippen LogP contribution in [0.25, 0.3) is 21.3 Å². The highest BCUT2D eigenvalue weighted by atomic mass is 35.5. The van der Waals surface area contributed by atoms with Gasteiger partial charge < -0.3 is 4.90 Å². The molecule has 0 amide bonds. The van der Waals surface area contributed by atoms with Crippen molar-refractivity contribution in [2.75, 3.05) is 18.0 Å². The lowest BCUT2D eigenvalue weighted by molar-refractivity contribution is -0.176. The van der Waals surface area contributed by atoms with E-state index in [-0.39, 0.29) is 13.0 Å². The second-order valence-electron chi connectivity index (χ2n) is 6.36. The molecule has 2 aromatic heterocycles. The summed E-state index contributed by atoms with van der Waals surface area (Å²) in [7, 11) is 0. The number of hydrogen-bond acceptors (Lipinski definition) is 4. The van der Waals surface area contributed by atoms with Crippen molar-refractivity contribution in [1.82, 2.24) is 9.97 Å². The molecule has 0 aliphatic carbocycles. The van der Waals surface area contributed by atoms with E-state index in [4.69, 9.17) is 11.6 Å². The lowest BCUT2D eigenvalue weighted by Crippen LogP contribution is -2.42. The summed E-state index contributed by atoms with van der Waals surface area (Å²) >= 11 is 7.43. The number of alkyl halides is 3. The number of aromatic nitrogens is 2. The third-order valence-corrected chi connectivity index (χ3v) is 5.83. The first-order valence-corrected chi connectivity index (χ1v) is 9.49. The van der Waals surface area contributed by atoms with Crippen LogP contribution < -0.4 is 4.90 Å². The van der Waals surface area contributed by atoms with E-state index in [0.717, 1.165) is 21.3 Å².